The third-order valence-electron chi connectivity index (χ3n) is 4.27. The number of hydrogen-bond acceptors (Lipinski definition) is 5. The van der Waals surface area contributed by atoms with E-state index in [4.69, 9.17) is 5.73 Å². The highest BCUT2D eigenvalue weighted by atomic mass is 16.2. The van der Waals surface area contributed by atoms with Gasteiger partial charge in [0.25, 0.3) is 0 Å². The van der Waals surface area contributed by atoms with Crippen molar-refractivity contribution in [1.82, 2.24) is 25.1 Å². The summed E-state index contributed by atoms with van der Waals surface area (Å²) in [6.45, 7) is 2.79. The van der Waals surface area contributed by atoms with E-state index in [0.29, 0.717) is 23.5 Å². The number of amides is 2. The van der Waals surface area contributed by atoms with Crippen LogP contribution in [-0.2, 0) is 11.3 Å². The molecule has 3 rings (SSSR count). The second-order valence-corrected chi connectivity index (χ2v) is 6.22. The van der Waals surface area contributed by atoms with Crippen LogP contribution in [0.3, 0.4) is 0 Å². The van der Waals surface area contributed by atoms with Crippen LogP contribution < -0.4 is 5.73 Å². The first-order chi connectivity index (χ1) is 12.6. The summed E-state index contributed by atoms with van der Waals surface area (Å²) in [7, 11) is 0. The lowest BCUT2D eigenvalue weighted by Crippen LogP contribution is -2.34. The zero-order valence-electron chi connectivity index (χ0n) is 14.8. The van der Waals surface area contributed by atoms with Crippen LogP contribution >= 0.6 is 0 Å². The van der Waals surface area contributed by atoms with Crippen LogP contribution in [0.2, 0.25) is 0 Å². The van der Waals surface area contributed by atoms with Crippen LogP contribution in [0.5, 0.6) is 0 Å². The summed E-state index contributed by atoms with van der Waals surface area (Å²) < 4.78 is 0. The van der Waals surface area contributed by atoms with Gasteiger partial charge in [0.2, 0.25) is 17.6 Å². The summed E-state index contributed by atoms with van der Waals surface area (Å²) in [4.78, 5) is 26.9. The highest BCUT2D eigenvalue weighted by molar-refractivity contribution is 5.93. The molecule has 0 aliphatic heterocycles. The Balaban J connectivity index is 1.70. The first-order valence-electron chi connectivity index (χ1n) is 8.76. The van der Waals surface area contributed by atoms with Gasteiger partial charge in [-0.05, 0) is 43.0 Å². The molecule has 0 radical (unpaired) electrons. The molecular weight excluding hydrogens is 332 g/mol. The molecule has 0 unspecified atom stereocenters. The molecule has 2 amide bonds. The van der Waals surface area contributed by atoms with Gasteiger partial charge in [-0.3, -0.25) is 9.59 Å². The van der Waals surface area contributed by atoms with Crippen LogP contribution in [0.1, 0.15) is 43.0 Å². The summed E-state index contributed by atoms with van der Waals surface area (Å²) in [6.07, 6.45) is 6.08. The first kappa shape index (κ1) is 17.8. The standard InChI is InChI=1S/C18H22N6O2/c1-2-11-23(15-5-3-4-6-15)16(25)12-24-21-18(20-22-24)14-9-7-13(8-10-14)17(19)26/h5,7-10H,2-4,6,11-12H2,1H3,(H2,19,26). The average Bonchev–Trinajstić information content (AvgIpc) is 3.31. The molecule has 0 saturated carbocycles. The summed E-state index contributed by atoms with van der Waals surface area (Å²) in [6, 6.07) is 6.63. The molecule has 26 heavy (non-hydrogen) atoms. The minimum atomic E-state index is -0.490. The molecule has 0 atom stereocenters. The largest absolute Gasteiger partial charge is 0.366 e. The van der Waals surface area contributed by atoms with E-state index in [1.807, 2.05) is 4.90 Å². The van der Waals surface area contributed by atoms with E-state index in [2.05, 4.69) is 28.4 Å². The Morgan fingerprint density at radius 2 is 2.04 bits per heavy atom. The number of tetrazole rings is 1. The molecule has 2 N–H and O–H groups in total. The lowest BCUT2D eigenvalue weighted by atomic mass is 10.1. The number of primary amides is 1. The Morgan fingerprint density at radius 3 is 2.65 bits per heavy atom. The predicted octanol–water partition coefficient (Wildman–Crippen LogP) is 1.75. The molecule has 0 bridgehead atoms. The molecular formula is C18H22N6O2. The third kappa shape index (κ3) is 3.96. The summed E-state index contributed by atoms with van der Waals surface area (Å²) in [5.41, 5.74) is 7.45. The van der Waals surface area contributed by atoms with Crippen molar-refractivity contribution in [2.24, 2.45) is 5.73 Å². The molecule has 1 aliphatic carbocycles. The number of nitrogens with two attached hydrogens (primary N) is 1. The van der Waals surface area contributed by atoms with Crippen LogP contribution in [0.4, 0.5) is 0 Å². The predicted molar refractivity (Wildman–Crippen MR) is 95.7 cm³/mol. The van der Waals surface area contributed by atoms with Gasteiger partial charge in [0.1, 0.15) is 6.54 Å². The van der Waals surface area contributed by atoms with E-state index in [1.54, 1.807) is 24.3 Å². The van der Waals surface area contributed by atoms with Crippen LogP contribution in [0, 0.1) is 0 Å². The topological polar surface area (TPSA) is 107 Å². The molecule has 2 aromatic rings. The molecule has 1 aromatic carbocycles. The Morgan fingerprint density at radius 1 is 1.27 bits per heavy atom. The molecule has 0 saturated heterocycles. The molecule has 8 heteroatoms. The third-order valence-corrected chi connectivity index (χ3v) is 4.27. The van der Waals surface area contributed by atoms with Gasteiger partial charge in [0.05, 0.1) is 0 Å². The number of carbonyl (C=O) groups excluding carboxylic acids is 2. The van der Waals surface area contributed by atoms with Gasteiger partial charge in [0, 0.05) is 23.4 Å². The van der Waals surface area contributed by atoms with E-state index >= 15 is 0 Å². The molecule has 0 fully saturated rings. The van der Waals surface area contributed by atoms with Gasteiger partial charge in [0.15, 0.2) is 0 Å². The van der Waals surface area contributed by atoms with Crippen LogP contribution in [0.25, 0.3) is 11.4 Å². The number of hydrogen-bond donors (Lipinski definition) is 1. The number of benzene rings is 1. The summed E-state index contributed by atoms with van der Waals surface area (Å²) in [5, 5.41) is 12.2. The minimum absolute atomic E-state index is 0.0342. The molecule has 0 spiro atoms. The van der Waals surface area contributed by atoms with Crippen molar-refractivity contribution in [3.8, 4) is 11.4 Å². The van der Waals surface area contributed by atoms with Gasteiger partial charge in [-0.15, -0.1) is 10.2 Å². The highest BCUT2D eigenvalue weighted by Gasteiger charge is 2.21. The van der Waals surface area contributed by atoms with Crippen molar-refractivity contribution in [3.63, 3.8) is 0 Å². The fourth-order valence-corrected chi connectivity index (χ4v) is 2.97. The first-order valence-corrected chi connectivity index (χ1v) is 8.76. The fraction of sp³-hybridized carbons (Fsp3) is 0.389. The van der Waals surface area contributed by atoms with Crippen molar-refractivity contribution in [3.05, 3.63) is 41.6 Å². The Hall–Kier alpha value is -3.03. The average molecular weight is 354 g/mol. The molecule has 8 nitrogen and oxygen atoms in total. The fourth-order valence-electron chi connectivity index (χ4n) is 2.97. The van der Waals surface area contributed by atoms with Gasteiger partial charge >= 0.3 is 0 Å². The number of carbonyl (C=O) groups is 2. The van der Waals surface area contributed by atoms with Crippen LogP contribution in [0.15, 0.2) is 36.0 Å². The quantitative estimate of drug-likeness (QED) is 0.815. The lowest BCUT2D eigenvalue weighted by Gasteiger charge is -2.23. The Labute approximate surface area is 151 Å². The lowest BCUT2D eigenvalue weighted by molar-refractivity contribution is -0.130. The maximum absolute atomic E-state index is 12.7. The van der Waals surface area contributed by atoms with Crippen LogP contribution in [-0.4, -0.2) is 43.5 Å². The van der Waals surface area contributed by atoms with Gasteiger partial charge in [-0.1, -0.05) is 25.1 Å². The smallest absolute Gasteiger partial charge is 0.250 e. The zero-order chi connectivity index (χ0) is 18.5. The van der Waals surface area contributed by atoms with Crippen molar-refractivity contribution < 1.29 is 9.59 Å². The van der Waals surface area contributed by atoms with E-state index in [1.165, 1.54) is 4.80 Å². The zero-order valence-corrected chi connectivity index (χ0v) is 14.8. The van der Waals surface area contributed by atoms with E-state index < -0.39 is 5.91 Å². The van der Waals surface area contributed by atoms with Gasteiger partial charge in [-0.2, -0.15) is 4.80 Å². The Kier molecular flexibility index (Phi) is 5.40. The second kappa shape index (κ2) is 7.90. The van der Waals surface area contributed by atoms with E-state index in [-0.39, 0.29) is 12.5 Å². The maximum atomic E-state index is 12.7. The number of aromatic nitrogens is 4. The number of rotatable bonds is 7. The van der Waals surface area contributed by atoms with E-state index in [9.17, 15) is 9.59 Å². The van der Waals surface area contributed by atoms with E-state index in [0.717, 1.165) is 31.4 Å². The van der Waals surface area contributed by atoms with Crippen molar-refractivity contribution in [1.29, 1.82) is 0 Å². The summed E-state index contributed by atoms with van der Waals surface area (Å²) >= 11 is 0. The second-order valence-electron chi connectivity index (χ2n) is 6.22. The molecule has 136 valence electrons. The highest BCUT2D eigenvalue weighted by Crippen LogP contribution is 2.22. The molecule has 1 heterocycles. The van der Waals surface area contributed by atoms with Crippen molar-refractivity contribution in [2.75, 3.05) is 6.54 Å². The maximum Gasteiger partial charge on any atom is 0.250 e. The number of allylic oxidation sites excluding steroid dienone is 2. The SMILES string of the molecule is CCCN(C(=O)Cn1nnc(-c2ccc(C(N)=O)cc2)n1)C1=CCCC1. The van der Waals surface area contributed by atoms with Gasteiger partial charge < -0.3 is 10.6 Å². The van der Waals surface area contributed by atoms with Gasteiger partial charge in [-0.25, -0.2) is 0 Å². The molecule has 1 aliphatic rings. The summed E-state index contributed by atoms with van der Waals surface area (Å²) in [5.74, 6) is -0.125. The monoisotopic (exact) mass is 354 g/mol. The molecule has 1 aromatic heterocycles. The normalized spacial score (nSPS) is 13.5. The van der Waals surface area contributed by atoms with Crippen molar-refractivity contribution >= 4 is 11.8 Å². The van der Waals surface area contributed by atoms with Crippen molar-refractivity contribution in [2.45, 2.75) is 39.2 Å². The Bertz CT molecular complexity index is 824. The number of nitrogens with zero attached hydrogens (tertiary/aromatic N) is 5. The minimum Gasteiger partial charge on any atom is -0.366 e.